The van der Waals surface area contributed by atoms with Crippen molar-refractivity contribution in [2.75, 3.05) is 13.1 Å². The van der Waals surface area contributed by atoms with Gasteiger partial charge < -0.3 is 13.7 Å². The molecule has 0 saturated carbocycles. The highest BCUT2D eigenvalue weighted by molar-refractivity contribution is 5.52. The molecule has 3 aromatic rings. The minimum Gasteiger partial charge on any atom is -0.468 e. The number of hydrogen-bond donors (Lipinski definition) is 0. The highest BCUT2D eigenvalue weighted by Crippen LogP contribution is 2.19. The second-order valence-corrected chi connectivity index (χ2v) is 6.11. The molecule has 0 N–H and O–H groups in total. The number of aromatic nitrogens is 3. The smallest absolute Gasteiger partial charge is 0.252 e. The van der Waals surface area contributed by atoms with Crippen LogP contribution >= 0.6 is 0 Å². The van der Waals surface area contributed by atoms with Gasteiger partial charge in [-0.25, -0.2) is 0 Å². The van der Waals surface area contributed by atoms with E-state index in [0.717, 1.165) is 43.8 Å². The van der Waals surface area contributed by atoms with E-state index in [9.17, 15) is 0 Å². The number of nitrogens with zero attached hydrogens (tertiary/aromatic N) is 4. The van der Waals surface area contributed by atoms with Gasteiger partial charge in [0, 0.05) is 31.0 Å². The van der Waals surface area contributed by atoms with Crippen molar-refractivity contribution in [2.24, 2.45) is 0 Å². The van der Waals surface area contributed by atoms with E-state index in [0.29, 0.717) is 18.3 Å². The summed E-state index contributed by atoms with van der Waals surface area (Å²) in [4.78, 5) is 10.7. The van der Waals surface area contributed by atoms with E-state index >= 15 is 0 Å². The Balaban J connectivity index is 1.24. The summed E-state index contributed by atoms with van der Waals surface area (Å²) in [5.41, 5.74) is 0.885. The predicted molar refractivity (Wildman–Crippen MR) is 89.3 cm³/mol. The number of furan rings is 1. The molecule has 7 heteroatoms. The lowest BCUT2D eigenvalue weighted by Gasteiger charge is -2.30. The number of pyridine rings is 1. The molecule has 4 rings (SSSR count). The minimum absolute atomic E-state index is 0.226. The third-order valence-corrected chi connectivity index (χ3v) is 4.34. The van der Waals surface area contributed by atoms with E-state index in [1.165, 1.54) is 0 Å². The molecule has 0 bridgehead atoms. The summed E-state index contributed by atoms with van der Waals surface area (Å²) in [6.07, 6.45) is 7.34. The van der Waals surface area contributed by atoms with Gasteiger partial charge in [-0.05, 0) is 37.1 Å². The Bertz CT molecular complexity index is 765. The van der Waals surface area contributed by atoms with Crippen LogP contribution in [0.5, 0.6) is 0 Å². The summed E-state index contributed by atoms with van der Waals surface area (Å²) >= 11 is 0. The lowest BCUT2D eigenvalue weighted by atomic mass is 10.1. The molecular weight excluding hydrogens is 320 g/mol. The minimum atomic E-state index is 0.226. The van der Waals surface area contributed by atoms with Gasteiger partial charge in [-0.2, -0.15) is 4.98 Å². The molecule has 1 saturated heterocycles. The fourth-order valence-electron chi connectivity index (χ4n) is 2.98. The molecule has 1 fully saturated rings. The van der Waals surface area contributed by atoms with E-state index in [1.807, 2.05) is 24.3 Å². The average molecular weight is 340 g/mol. The molecule has 3 aromatic heterocycles. The summed E-state index contributed by atoms with van der Waals surface area (Å²) in [6.45, 7) is 3.20. The monoisotopic (exact) mass is 340 g/mol. The van der Waals surface area contributed by atoms with Crippen molar-refractivity contribution in [3.8, 4) is 11.4 Å². The molecule has 130 valence electrons. The second-order valence-electron chi connectivity index (χ2n) is 6.11. The van der Waals surface area contributed by atoms with E-state index in [4.69, 9.17) is 13.7 Å². The molecule has 0 aliphatic carbocycles. The summed E-state index contributed by atoms with van der Waals surface area (Å²) in [5.74, 6) is 2.08. The van der Waals surface area contributed by atoms with Crippen molar-refractivity contribution >= 4 is 0 Å². The molecule has 0 unspecified atom stereocenters. The van der Waals surface area contributed by atoms with E-state index in [2.05, 4.69) is 20.0 Å². The number of likely N-dealkylation sites (tertiary alicyclic amines) is 1. The first-order valence-corrected chi connectivity index (χ1v) is 8.46. The van der Waals surface area contributed by atoms with Crippen LogP contribution in [-0.4, -0.2) is 39.2 Å². The first-order valence-electron chi connectivity index (χ1n) is 8.46. The molecule has 1 aliphatic rings. The SMILES string of the molecule is c1coc(CN2CCC(OCc3nc(-c4ccncc4)no3)CC2)c1. The maximum absolute atomic E-state index is 5.94. The lowest BCUT2D eigenvalue weighted by molar-refractivity contribution is -0.0145. The van der Waals surface area contributed by atoms with Crippen LogP contribution in [0.15, 0.2) is 51.9 Å². The van der Waals surface area contributed by atoms with Gasteiger partial charge in [-0.15, -0.1) is 0 Å². The highest BCUT2D eigenvalue weighted by atomic mass is 16.5. The maximum atomic E-state index is 5.94. The second kappa shape index (κ2) is 7.58. The average Bonchev–Trinajstić information content (AvgIpc) is 3.34. The van der Waals surface area contributed by atoms with Crippen LogP contribution in [0.1, 0.15) is 24.5 Å². The third kappa shape index (κ3) is 4.12. The van der Waals surface area contributed by atoms with Gasteiger partial charge in [0.05, 0.1) is 18.9 Å². The molecule has 0 aromatic carbocycles. The Morgan fingerprint density at radius 1 is 1.16 bits per heavy atom. The topological polar surface area (TPSA) is 77.4 Å². The van der Waals surface area contributed by atoms with Crippen LogP contribution in [-0.2, 0) is 17.9 Å². The number of rotatable bonds is 6. The number of ether oxygens (including phenoxy) is 1. The van der Waals surface area contributed by atoms with Gasteiger partial charge in [0.2, 0.25) is 5.82 Å². The molecule has 0 amide bonds. The molecular formula is C18H20N4O3. The van der Waals surface area contributed by atoms with Crippen LogP contribution < -0.4 is 0 Å². The van der Waals surface area contributed by atoms with Crippen molar-refractivity contribution in [1.29, 1.82) is 0 Å². The Morgan fingerprint density at radius 2 is 2.00 bits per heavy atom. The normalized spacial score (nSPS) is 16.3. The van der Waals surface area contributed by atoms with Crippen LogP contribution in [0, 0.1) is 0 Å². The zero-order valence-electron chi connectivity index (χ0n) is 13.9. The molecule has 4 heterocycles. The Hall–Kier alpha value is -2.51. The zero-order valence-corrected chi connectivity index (χ0v) is 13.9. The van der Waals surface area contributed by atoms with Crippen molar-refractivity contribution < 1.29 is 13.7 Å². The van der Waals surface area contributed by atoms with Crippen LogP contribution in [0.2, 0.25) is 0 Å². The molecule has 0 atom stereocenters. The maximum Gasteiger partial charge on any atom is 0.252 e. The van der Waals surface area contributed by atoms with Crippen molar-refractivity contribution in [3.05, 3.63) is 54.6 Å². The zero-order chi connectivity index (χ0) is 16.9. The van der Waals surface area contributed by atoms with Gasteiger partial charge >= 0.3 is 0 Å². The molecule has 0 spiro atoms. The van der Waals surface area contributed by atoms with Crippen LogP contribution in [0.4, 0.5) is 0 Å². The van der Waals surface area contributed by atoms with Crippen molar-refractivity contribution in [1.82, 2.24) is 20.0 Å². The first kappa shape index (κ1) is 16.0. The fourth-order valence-corrected chi connectivity index (χ4v) is 2.98. The predicted octanol–water partition coefficient (Wildman–Crippen LogP) is 2.91. The van der Waals surface area contributed by atoms with Crippen LogP contribution in [0.25, 0.3) is 11.4 Å². The Labute approximate surface area is 145 Å². The molecule has 1 aliphatic heterocycles. The quantitative estimate of drug-likeness (QED) is 0.683. The summed E-state index contributed by atoms with van der Waals surface area (Å²) in [6, 6.07) is 7.64. The van der Waals surface area contributed by atoms with Gasteiger partial charge in [-0.1, -0.05) is 5.16 Å². The third-order valence-electron chi connectivity index (χ3n) is 4.34. The van der Waals surface area contributed by atoms with E-state index in [1.54, 1.807) is 18.7 Å². The van der Waals surface area contributed by atoms with Gasteiger partial charge in [-0.3, -0.25) is 9.88 Å². The standard InChI is InChI=1S/C18H20N4O3/c1-2-16(23-11-1)12-22-9-5-15(6-10-22)24-13-17-20-18(21-25-17)14-3-7-19-8-4-14/h1-4,7-8,11,15H,5-6,9-10,12-13H2. The largest absolute Gasteiger partial charge is 0.468 e. The summed E-state index contributed by atoms with van der Waals surface area (Å²) in [7, 11) is 0. The number of piperidine rings is 1. The van der Waals surface area contributed by atoms with Gasteiger partial charge in [0.15, 0.2) is 0 Å². The summed E-state index contributed by atoms with van der Waals surface area (Å²) < 4.78 is 16.6. The summed E-state index contributed by atoms with van der Waals surface area (Å²) in [5, 5.41) is 3.99. The van der Waals surface area contributed by atoms with Crippen LogP contribution in [0.3, 0.4) is 0 Å². The highest BCUT2D eigenvalue weighted by Gasteiger charge is 2.21. The first-order chi connectivity index (χ1) is 12.4. The van der Waals surface area contributed by atoms with Gasteiger partial charge in [0.25, 0.3) is 5.89 Å². The molecule has 25 heavy (non-hydrogen) atoms. The number of hydrogen-bond acceptors (Lipinski definition) is 7. The van der Waals surface area contributed by atoms with Gasteiger partial charge in [0.1, 0.15) is 12.4 Å². The lowest BCUT2D eigenvalue weighted by Crippen LogP contribution is -2.36. The molecule has 0 radical (unpaired) electrons. The van der Waals surface area contributed by atoms with Crippen molar-refractivity contribution in [3.63, 3.8) is 0 Å². The van der Waals surface area contributed by atoms with E-state index in [-0.39, 0.29) is 6.10 Å². The van der Waals surface area contributed by atoms with Crippen molar-refractivity contribution in [2.45, 2.75) is 32.1 Å². The Kier molecular flexibility index (Phi) is 4.85. The molecule has 7 nitrogen and oxygen atoms in total. The fraction of sp³-hybridized carbons (Fsp3) is 0.389. The Morgan fingerprint density at radius 3 is 2.76 bits per heavy atom. The van der Waals surface area contributed by atoms with E-state index < -0.39 is 0 Å².